The number of methoxy groups -OCH3 is 1. The maximum atomic E-state index is 11.9. The van der Waals surface area contributed by atoms with E-state index in [9.17, 15) is 4.79 Å². The quantitative estimate of drug-likeness (QED) is 0.685. The molecule has 2 unspecified atom stereocenters. The highest BCUT2D eigenvalue weighted by Crippen LogP contribution is 2.12. The summed E-state index contributed by atoms with van der Waals surface area (Å²) in [7, 11) is 1.57. The van der Waals surface area contributed by atoms with Crippen LogP contribution in [0.15, 0.2) is 24.3 Å². The number of carbonyl (C=O) groups excluding carboxylic acids is 1. The molecule has 1 heterocycles. The van der Waals surface area contributed by atoms with Gasteiger partial charge < -0.3 is 20.5 Å². The van der Waals surface area contributed by atoms with Gasteiger partial charge in [0.25, 0.3) is 0 Å². The highest BCUT2D eigenvalue weighted by atomic mass is 35.5. The predicted octanol–water partition coefficient (Wildman–Crippen LogP) is 1.73. The normalized spacial score (nSPS) is 18.3. The topological polar surface area (TPSA) is 76.8 Å². The number of carbonyl (C=O) groups is 1. The van der Waals surface area contributed by atoms with E-state index in [4.69, 9.17) is 15.2 Å². The molecule has 1 saturated heterocycles. The van der Waals surface area contributed by atoms with E-state index < -0.39 is 0 Å². The summed E-state index contributed by atoms with van der Waals surface area (Å²) < 4.78 is 10.7. The summed E-state index contributed by atoms with van der Waals surface area (Å²) >= 11 is 0. The summed E-state index contributed by atoms with van der Waals surface area (Å²) in [6.07, 6.45) is 0.357. The Bertz CT molecular complexity index is 530. The van der Waals surface area contributed by atoms with Gasteiger partial charge in [0.15, 0.2) is 0 Å². The molecule has 26 heavy (non-hydrogen) atoms. The molecule has 3 N–H and O–H groups in total. The number of nitrogens with zero attached hydrogens (tertiary/aromatic N) is 1. The fraction of sp³-hybridized carbons (Fsp3) is 0.611. The van der Waals surface area contributed by atoms with E-state index in [-0.39, 0.29) is 42.9 Å². The summed E-state index contributed by atoms with van der Waals surface area (Å²) in [5.41, 5.74) is 7.90. The number of amides is 1. The Labute approximate surface area is 168 Å². The molecule has 2 rings (SSSR count). The lowest BCUT2D eigenvalue weighted by Gasteiger charge is -2.31. The van der Waals surface area contributed by atoms with Gasteiger partial charge in [-0.15, -0.1) is 24.8 Å². The first kappa shape index (κ1) is 25.1. The predicted molar refractivity (Wildman–Crippen MR) is 108 cm³/mol. The maximum Gasteiger partial charge on any atom is 0.222 e. The number of nitrogens with one attached hydrogen (secondary N) is 1. The van der Waals surface area contributed by atoms with Crippen LogP contribution >= 0.6 is 24.8 Å². The summed E-state index contributed by atoms with van der Waals surface area (Å²) in [4.78, 5) is 14.3. The largest absolute Gasteiger partial charge is 0.380 e. The standard InChI is InChI=1S/C18H29N3O3.2ClH/c1-14-12-21(6-7-24-14)13-16-5-3-4-15(8-16)11-20-18(22)9-17(10-19)23-2;;/h3-5,8,14,17H,6-7,9-13,19H2,1-2H3,(H,20,22);2*1H. The Morgan fingerprint density at radius 3 is 2.81 bits per heavy atom. The molecule has 0 saturated carbocycles. The van der Waals surface area contributed by atoms with E-state index >= 15 is 0 Å². The van der Waals surface area contributed by atoms with Crippen molar-refractivity contribution in [3.8, 4) is 0 Å². The van der Waals surface area contributed by atoms with E-state index in [2.05, 4.69) is 29.3 Å². The van der Waals surface area contributed by atoms with E-state index in [0.29, 0.717) is 19.5 Å². The Morgan fingerprint density at radius 2 is 2.15 bits per heavy atom. The molecule has 1 fully saturated rings. The third-order valence-corrected chi connectivity index (χ3v) is 4.22. The minimum absolute atomic E-state index is 0. The van der Waals surface area contributed by atoms with Crippen molar-refractivity contribution in [2.45, 2.75) is 38.6 Å². The molecule has 1 aliphatic rings. The molecule has 1 aliphatic heterocycles. The van der Waals surface area contributed by atoms with E-state index in [1.807, 2.05) is 12.1 Å². The smallest absolute Gasteiger partial charge is 0.222 e. The second kappa shape index (κ2) is 13.3. The van der Waals surface area contributed by atoms with Crippen LogP contribution in [-0.2, 0) is 27.4 Å². The fourth-order valence-electron chi connectivity index (χ4n) is 2.87. The van der Waals surface area contributed by atoms with Crippen molar-refractivity contribution in [3.63, 3.8) is 0 Å². The van der Waals surface area contributed by atoms with Gasteiger partial charge in [-0.25, -0.2) is 0 Å². The van der Waals surface area contributed by atoms with E-state index in [0.717, 1.165) is 31.8 Å². The molecule has 0 aliphatic carbocycles. The molecular formula is C18H31Cl2N3O3. The number of rotatable bonds is 8. The minimum atomic E-state index is -0.223. The van der Waals surface area contributed by atoms with E-state index in [1.165, 1.54) is 5.56 Å². The summed E-state index contributed by atoms with van der Waals surface area (Å²) in [5.74, 6) is -0.0419. The Balaban J connectivity index is 0.00000312. The van der Waals surface area contributed by atoms with Crippen LogP contribution in [0.1, 0.15) is 24.5 Å². The number of benzene rings is 1. The molecule has 8 heteroatoms. The van der Waals surface area contributed by atoms with Gasteiger partial charge in [0, 0.05) is 39.8 Å². The Morgan fingerprint density at radius 1 is 1.42 bits per heavy atom. The first-order chi connectivity index (χ1) is 11.6. The van der Waals surface area contributed by atoms with Gasteiger partial charge in [-0.2, -0.15) is 0 Å². The number of hydrogen-bond acceptors (Lipinski definition) is 5. The molecule has 1 amide bonds. The van der Waals surface area contributed by atoms with Crippen molar-refractivity contribution in [2.75, 3.05) is 33.4 Å². The Hall–Kier alpha value is -0.890. The van der Waals surface area contributed by atoms with Gasteiger partial charge in [0.05, 0.1) is 25.2 Å². The molecule has 150 valence electrons. The number of ether oxygens (including phenoxy) is 2. The minimum Gasteiger partial charge on any atom is -0.380 e. The first-order valence-electron chi connectivity index (χ1n) is 8.52. The van der Waals surface area contributed by atoms with Crippen LogP contribution in [0.4, 0.5) is 0 Å². The number of morpholine rings is 1. The second-order valence-corrected chi connectivity index (χ2v) is 6.31. The molecule has 1 aromatic carbocycles. The zero-order chi connectivity index (χ0) is 17.4. The van der Waals surface area contributed by atoms with Crippen LogP contribution in [0.5, 0.6) is 0 Å². The lowest BCUT2D eigenvalue weighted by atomic mass is 10.1. The molecule has 0 aromatic heterocycles. The highest BCUT2D eigenvalue weighted by molar-refractivity contribution is 5.85. The fourth-order valence-corrected chi connectivity index (χ4v) is 2.87. The zero-order valence-corrected chi connectivity index (χ0v) is 17.1. The molecule has 0 bridgehead atoms. The molecule has 6 nitrogen and oxygen atoms in total. The lowest BCUT2D eigenvalue weighted by Crippen LogP contribution is -2.40. The average Bonchev–Trinajstić information content (AvgIpc) is 2.58. The van der Waals surface area contributed by atoms with Gasteiger partial charge in [0.1, 0.15) is 0 Å². The molecule has 0 radical (unpaired) electrons. The SMILES string of the molecule is COC(CN)CC(=O)NCc1cccc(CN2CCOC(C)C2)c1.Cl.Cl. The van der Waals surface area contributed by atoms with Gasteiger partial charge >= 0.3 is 0 Å². The zero-order valence-electron chi connectivity index (χ0n) is 15.5. The third-order valence-electron chi connectivity index (χ3n) is 4.22. The molecular weight excluding hydrogens is 377 g/mol. The average molecular weight is 408 g/mol. The van der Waals surface area contributed by atoms with Crippen LogP contribution in [0.2, 0.25) is 0 Å². The number of nitrogens with two attached hydrogens (primary N) is 1. The molecule has 0 spiro atoms. The van der Waals surface area contributed by atoms with Gasteiger partial charge in [-0.1, -0.05) is 24.3 Å². The van der Waals surface area contributed by atoms with Crippen LogP contribution in [0.25, 0.3) is 0 Å². The Kier molecular flexibility index (Phi) is 12.8. The molecule has 2 atom stereocenters. The highest BCUT2D eigenvalue weighted by Gasteiger charge is 2.16. The van der Waals surface area contributed by atoms with Gasteiger partial charge in [-0.3, -0.25) is 9.69 Å². The monoisotopic (exact) mass is 407 g/mol. The molecule has 1 aromatic rings. The third kappa shape index (κ3) is 8.66. The van der Waals surface area contributed by atoms with Crippen LogP contribution in [-0.4, -0.2) is 56.4 Å². The van der Waals surface area contributed by atoms with Crippen LogP contribution in [0, 0.1) is 0 Å². The van der Waals surface area contributed by atoms with Crippen molar-refractivity contribution < 1.29 is 14.3 Å². The summed E-state index contributed by atoms with van der Waals surface area (Å²) in [6, 6.07) is 8.35. The van der Waals surface area contributed by atoms with E-state index in [1.54, 1.807) is 7.11 Å². The lowest BCUT2D eigenvalue weighted by molar-refractivity contribution is -0.123. The van der Waals surface area contributed by atoms with Crippen molar-refractivity contribution in [1.29, 1.82) is 0 Å². The van der Waals surface area contributed by atoms with Gasteiger partial charge in [0.2, 0.25) is 5.91 Å². The number of hydrogen-bond donors (Lipinski definition) is 2. The van der Waals surface area contributed by atoms with Crippen molar-refractivity contribution >= 4 is 30.7 Å². The number of halogens is 2. The van der Waals surface area contributed by atoms with Crippen molar-refractivity contribution in [2.24, 2.45) is 5.73 Å². The van der Waals surface area contributed by atoms with Crippen molar-refractivity contribution in [3.05, 3.63) is 35.4 Å². The summed E-state index contributed by atoms with van der Waals surface area (Å²) in [6.45, 7) is 6.59. The maximum absolute atomic E-state index is 11.9. The first-order valence-corrected chi connectivity index (χ1v) is 8.52. The summed E-state index contributed by atoms with van der Waals surface area (Å²) in [5, 5.41) is 2.93. The van der Waals surface area contributed by atoms with Crippen LogP contribution in [0.3, 0.4) is 0 Å². The second-order valence-electron chi connectivity index (χ2n) is 6.31. The van der Waals surface area contributed by atoms with Crippen LogP contribution < -0.4 is 11.1 Å². The van der Waals surface area contributed by atoms with Crippen molar-refractivity contribution in [1.82, 2.24) is 10.2 Å². The van der Waals surface area contributed by atoms with Gasteiger partial charge in [-0.05, 0) is 18.1 Å².